The molecule has 2 aromatic carbocycles. The molecule has 148 valence electrons. The molecule has 2 heterocycles. The molecule has 5 rings (SSSR count). The lowest BCUT2D eigenvalue weighted by Gasteiger charge is -2.19. The van der Waals surface area contributed by atoms with Crippen LogP contribution in [0.15, 0.2) is 42.5 Å². The minimum absolute atomic E-state index is 0.0134. The molecule has 1 saturated heterocycles. The molecule has 0 bridgehead atoms. The molecule has 1 aromatic heterocycles. The lowest BCUT2D eigenvalue weighted by molar-refractivity contribution is -0.126. The maximum absolute atomic E-state index is 12.8. The molecule has 0 radical (unpaired) electrons. The number of hydrogen-bond acceptors (Lipinski definition) is 3. The van der Waals surface area contributed by atoms with E-state index in [1.165, 1.54) is 17.5 Å². The van der Waals surface area contributed by atoms with Gasteiger partial charge in [0.15, 0.2) is 0 Å². The molecule has 0 saturated carbocycles. The number of aromatic nitrogens is 2. The van der Waals surface area contributed by atoms with Crippen LogP contribution in [0.2, 0.25) is 0 Å². The Morgan fingerprint density at radius 3 is 2.90 bits per heavy atom. The van der Waals surface area contributed by atoms with Crippen molar-refractivity contribution in [3.05, 3.63) is 59.4 Å². The van der Waals surface area contributed by atoms with Gasteiger partial charge in [-0.15, -0.1) is 0 Å². The summed E-state index contributed by atoms with van der Waals surface area (Å²) in [6.45, 7) is 2.33. The number of aryl methyl sites for hydroxylation is 2. The van der Waals surface area contributed by atoms with Crippen LogP contribution >= 0.6 is 0 Å². The second-order valence-electron chi connectivity index (χ2n) is 8.08. The zero-order valence-corrected chi connectivity index (χ0v) is 16.4. The van der Waals surface area contributed by atoms with Crippen molar-refractivity contribution in [1.82, 2.24) is 15.3 Å². The number of anilines is 1. The van der Waals surface area contributed by atoms with Crippen molar-refractivity contribution in [2.24, 2.45) is 5.92 Å². The molecule has 2 atom stereocenters. The number of aromatic amines is 1. The summed E-state index contributed by atoms with van der Waals surface area (Å²) in [7, 11) is 0. The van der Waals surface area contributed by atoms with E-state index in [-0.39, 0.29) is 30.2 Å². The maximum atomic E-state index is 12.8. The molecule has 29 heavy (non-hydrogen) atoms. The highest BCUT2D eigenvalue weighted by atomic mass is 16.2. The van der Waals surface area contributed by atoms with Crippen LogP contribution in [0.25, 0.3) is 11.0 Å². The highest BCUT2D eigenvalue weighted by Crippen LogP contribution is 2.31. The van der Waals surface area contributed by atoms with Crippen molar-refractivity contribution in [2.45, 2.75) is 38.6 Å². The molecule has 2 amide bonds. The zero-order valence-electron chi connectivity index (χ0n) is 16.4. The Morgan fingerprint density at radius 2 is 2.03 bits per heavy atom. The summed E-state index contributed by atoms with van der Waals surface area (Å²) >= 11 is 0. The quantitative estimate of drug-likeness (QED) is 0.720. The Balaban J connectivity index is 1.27. The summed E-state index contributed by atoms with van der Waals surface area (Å²) < 4.78 is 0. The van der Waals surface area contributed by atoms with Crippen LogP contribution in [0.4, 0.5) is 5.69 Å². The molecule has 2 N–H and O–H groups in total. The van der Waals surface area contributed by atoms with Gasteiger partial charge in [0, 0.05) is 18.7 Å². The molecule has 1 aliphatic heterocycles. The van der Waals surface area contributed by atoms with Crippen molar-refractivity contribution in [3.8, 4) is 0 Å². The van der Waals surface area contributed by atoms with E-state index in [9.17, 15) is 9.59 Å². The van der Waals surface area contributed by atoms with E-state index in [0.717, 1.165) is 35.4 Å². The van der Waals surface area contributed by atoms with Crippen LogP contribution in [0.3, 0.4) is 0 Å². The molecule has 0 unspecified atom stereocenters. The normalized spacial score (nSPS) is 19.6. The predicted octanol–water partition coefficient (Wildman–Crippen LogP) is 3.28. The van der Waals surface area contributed by atoms with Crippen LogP contribution in [0, 0.1) is 5.92 Å². The van der Waals surface area contributed by atoms with Gasteiger partial charge in [0.1, 0.15) is 5.82 Å². The van der Waals surface area contributed by atoms with Crippen molar-refractivity contribution >= 4 is 28.5 Å². The number of nitrogens with zero attached hydrogens (tertiary/aromatic N) is 2. The first-order valence-electron chi connectivity index (χ1n) is 10.3. The van der Waals surface area contributed by atoms with Crippen molar-refractivity contribution in [2.75, 3.05) is 11.4 Å². The van der Waals surface area contributed by atoms with Crippen molar-refractivity contribution in [1.29, 1.82) is 0 Å². The number of nitrogens with one attached hydrogen (secondary N) is 2. The van der Waals surface area contributed by atoms with Gasteiger partial charge in [0.05, 0.1) is 23.0 Å². The first-order chi connectivity index (χ1) is 14.1. The Kier molecular flexibility index (Phi) is 4.34. The van der Waals surface area contributed by atoms with E-state index in [1.54, 1.807) is 4.90 Å². The number of H-pyrrole nitrogens is 1. The molecule has 1 aliphatic carbocycles. The summed E-state index contributed by atoms with van der Waals surface area (Å²) in [6, 6.07) is 13.8. The van der Waals surface area contributed by atoms with Gasteiger partial charge in [-0.2, -0.15) is 0 Å². The van der Waals surface area contributed by atoms with E-state index in [0.29, 0.717) is 6.54 Å². The summed E-state index contributed by atoms with van der Waals surface area (Å²) in [4.78, 5) is 35.0. The lowest BCUT2D eigenvalue weighted by atomic mass is 10.1. The number of para-hydroxylation sites is 2. The largest absolute Gasteiger partial charge is 0.346 e. The number of hydrogen-bond donors (Lipinski definition) is 2. The Hall–Kier alpha value is -3.15. The van der Waals surface area contributed by atoms with Gasteiger partial charge in [-0.1, -0.05) is 18.2 Å². The number of benzene rings is 2. The maximum Gasteiger partial charge on any atom is 0.227 e. The number of amides is 2. The van der Waals surface area contributed by atoms with Crippen molar-refractivity contribution in [3.63, 3.8) is 0 Å². The molecular weight excluding hydrogens is 364 g/mol. The number of rotatable bonds is 4. The van der Waals surface area contributed by atoms with E-state index in [1.807, 2.05) is 37.3 Å². The summed E-state index contributed by atoms with van der Waals surface area (Å²) in [5.74, 6) is 0.288. The van der Waals surface area contributed by atoms with Crippen LogP contribution in [0.5, 0.6) is 0 Å². The number of carbonyl (C=O) groups excluding carboxylic acids is 2. The average Bonchev–Trinajstić information content (AvgIpc) is 3.44. The third-order valence-corrected chi connectivity index (χ3v) is 6.07. The number of carbonyl (C=O) groups is 2. The highest BCUT2D eigenvalue weighted by Gasteiger charge is 2.36. The summed E-state index contributed by atoms with van der Waals surface area (Å²) in [5.41, 5.74) is 5.46. The van der Waals surface area contributed by atoms with Crippen LogP contribution in [-0.2, 0) is 22.4 Å². The fourth-order valence-electron chi connectivity index (χ4n) is 4.44. The van der Waals surface area contributed by atoms with Crippen LogP contribution in [-0.4, -0.2) is 28.3 Å². The van der Waals surface area contributed by atoms with Gasteiger partial charge >= 0.3 is 0 Å². The third kappa shape index (κ3) is 3.28. The molecule has 6 nitrogen and oxygen atoms in total. The molecular formula is C23H24N4O2. The molecule has 6 heteroatoms. The molecule has 0 spiro atoms. The Bertz CT molecular complexity index is 1070. The Labute approximate surface area is 169 Å². The van der Waals surface area contributed by atoms with E-state index in [4.69, 9.17) is 0 Å². The third-order valence-electron chi connectivity index (χ3n) is 6.07. The number of fused-ring (bicyclic) bond motifs is 2. The lowest BCUT2D eigenvalue weighted by Crippen LogP contribution is -2.35. The SMILES string of the molecule is C[C@@H](NC(=O)[C@H]1CC(=O)N(c2ccc3c(c2)CCC3)C1)c1nc2ccccc2[nH]1. The predicted molar refractivity (Wildman–Crippen MR) is 112 cm³/mol. The van der Waals surface area contributed by atoms with Gasteiger partial charge in [-0.3, -0.25) is 9.59 Å². The zero-order chi connectivity index (χ0) is 20.0. The van der Waals surface area contributed by atoms with Gasteiger partial charge in [-0.25, -0.2) is 4.98 Å². The molecule has 2 aliphatic rings. The summed E-state index contributed by atoms with van der Waals surface area (Å²) in [6.07, 6.45) is 3.62. The van der Waals surface area contributed by atoms with E-state index >= 15 is 0 Å². The standard InChI is InChI=1S/C23H24N4O2/c1-14(22-25-19-7-2-3-8-20(19)26-22)24-23(29)17-12-21(28)27(13-17)18-10-9-15-5-4-6-16(15)11-18/h2-3,7-11,14,17H,4-6,12-13H2,1H3,(H,24,29)(H,25,26)/t14-,17+/m1/s1. The van der Waals surface area contributed by atoms with Crippen LogP contribution in [0.1, 0.15) is 42.8 Å². The molecule has 3 aromatic rings. The second kappa shape index (κ2) is 7.03. The van der Waals surface area contributed by atoms with Crippen molar-refractivity contribution < 1.29 is 9.59 Å². The van der Waals surface area contributed by atoms with Gasteiger partial charge in [0.2, 0.25) is 11.8 Å². The van der Waals surface area contributed by atoms with Crippen LogP contribution < -0.4 is 10.2 Å². The first kappa shape index (κ1) is 17.9. The van der Waals surface area contributed by atoms with E-state index in [2.05, 4.69) is 27.4 Å². The Morgan fingerprint density at radius 1 is 1.21 bits per heavy atom. The van der Waals surface area contributed by atoms with Gasteiger partial charge in [-0.05, 0) is 61.6 Å². The molecule has 1 fully saturated rings. The second-order valence-corrected chi connectivity index (χ2v) is 8.08. The fourth-order valence-corrected chi connectivity index (χ4v) is 4.44. The van der Waals surface area contributed by atoms with Gasteiger partial charge < -0.3 is 15.2 Å². The monoisotopic (exact) mass is 388 g/mol. The number of imidazole rings is 1. The summed E-state index contributed by atoms with van der Waals surface area (Å²) in [5, 5.41) is 3.02. The first-order valence-corrected chi connectivity index (χ1v) is 10.3. The van der Waals surface area contributed by atoms with E-state index < -0.39 is 0 Å². The topological polar surface area (TPSA) is 78.1 Å². The fraction of sp³-hybridized carbons (Fsp3) is 0.348. The minimum Gasteiger partial charge on any atom is -0.346 e. The minimum atomic E-state index is -0.345. The van der Waals surface area contributed by atoms with Gasteiger partial charge in [0.25, 0.3) is 0 Å². The smallest absolute Gasteiger partial charge is 0.227 e. The highest BCUT2D eigenvalue weighted by molar-refractivity contribution is 6.00. The average molecular weight is 388 g/mol.